The van der Waals surface area contributed by atoms with Gasteiger partial charge in [-0.25, -0.2) is 14.8 Å². The minimum absolute atomic E-state index is 0.142. The zero-order chi connectivity index (χ0) is 43.6. The van der Waals surface area contributed by atoms with Gasteiger partial charge in [-0.2, -0.15) is 9.97 Å². The van der Waals surface area contributed by atoms with Crippen LogP contribution in [0.3, 0.4) is 0 Å². The molecule has 15 heteroatoms. The molecule has 0 fully saturated rings. The summed E-state index contributed by atoms with van der Waals surface area (Å²) in [5, 5.41) is 19.4. The van der Waals surface area contributed by atoms with E-state index in [1.165, 1.54) is 12.1 Å². The zero-order valence-corrected chi connectivity index (χ0v) is 34.6. The number of carbonyl (C=O) groups is 2. The number of aromatic carboxylic acids is 1. The molecule has 4 N–H and O–H groups in total. The van der Waals surface area contributed by atoms with Crippen LogP contribution in [0.15, 0.2) is 140 Å². The van der Waals surface area contributed by atoms with Crippen LogP contribution in [0.1, 0.15) is 71.6 Å². The van der Waals surface area contributed by atoms with E-state index >= 15 is 0 Å². The molecule has 0 bridgehead atoms. The van der Waals surface area contributed by atoms with Crippen LogP contribution in [-0.4, -0.2) is 60.3 Å². The summed E-state index contributed by atoms with van der Waals surface area (Å²) in [4.78, 5) is 40.8. The van der Waals surface area contributed by atoms with E-state index in [4.69, 9.17) is 28.7 Å². The summed E-state index contributed by atoms with van der Waals surface area (Å²) in [6.45, 7) is 12.5. The lowest BCUT2D eigenvalue weighted by Gasteiger charge is -2.22. The van der Waals surface area contributed by atoms with Crippen LogP contribution in [0.2, 0.25) is 0 Å². The number of carboxylic acids is 1. The number of benzene rings is 4. The van der Waals surface area contributed by atoms with Gasteiger partial charge >= 0.3 is 5.97 Å². The molecule has 4 aromatic heterocycles. The van der Waals surface area contributed by atoms with Gasteiger partial charge in [0.1, 0.15) is 12.5 Å². The van der Waals surface area contributed by atoms with Crippen molar-refractivity contribution in [3.05, 3.63) is 156 Å². The summed E-state index contributed by atoms with van der Waals surface area (Å²) < 4.78 is 20.9. The lowest BCUT2D eigenvalue weighted by molar-refractivity contribution is 0.0696. The van der Waals surface area contributed by atoms with E-state index in [1.807, 2.05) is 80.6 Å². The van der Waals surface area contributed by atoms with E-state index in [2.05, 4.69) is 49.4 Å². The van der Waals surface area contributed by atoms with Crippen LogP contribution in [-0.2, 0) is 10.8 Å². The Morgan fingerprint density at radius 1 is 0.607 bits per heavy atom. The van der Waals surface area contributed by atoms with Crippen LogP contribution in [0, 0.1) is 13.8 Å². The maximum absolute atomic E-state index is 12.7. The summed E-state index contributed by atoms with van der Waals surface area (Å²) in [5.74, 6) is 1.84. The molecule has 0 saturated carbocycles. The van der Waals surface area contributed by atoms with Crippen LogP contribution in [0.25, 0.3) is 45.7 Å². The molecule has 4 aromatic carbocycles. The number of nitrogens with two attached hydrogens (primary N) is 1. The Kier molecular flexibility index (Phi) is 13.4. The zero-order valence-electron chi connectivity index (χ0n) is 34.6. The minimum Gasteiger partial charge on any atom is -0.478 e. The molecule has 15 nitrogen and oxygen atoms in total. The third-order valence-electron chi connectivity index (χ3n) is 9.44. The van der Waals surface area contributed by atoms with Gasteiger partial charge in [0.05, 0.1) is 17.0 Å². The number of carbonyl (C=O) groups excluding carboxylic acids is 1. The number of rotatable bonds is 11. The molecule has 4 heterocycles. The Morgan fingerprint density at radius 3 is 1.49 bits per heavy atom. The first-order chi connectivity index (χ1) is 29.2. The van der Waals surface area contributed by atoms with Gasteiger partial charge in [-0.1, -0.05) is 98.7 Å². The fraction of sp³-hybridized carbons (Fsp3) is 0.217. The van der Waals surface area contributed by atoms with Crippen molar-refractivity contribution in [1.82, 2.24) is 35.6 Å². The van der Waals surface area contributed by atoms with Crippen LogP contribution in [0.4, 0.5) is 0 Å². The summed E-state index contributed by atoms with van der Waals surface area (Å²) in [5.41, 5.74) is 10.8. The largest absolute Gasteiger partial charge is 0.478 e. The molecule has 1 amide bonds. The molecule has 312 valence electrons. The third kappa shape index (κ3) is 11.2. The van der Waals surface area contributed by atoms with Gasteiger partial charge in [-0.15, -0.1) is 0 Å². The number of aromatic nitrogens is 6. The topological polar surface area (TPSA) is 222 Å². The number of nitrogens with one attached hydrogen (secondary N) is 1. The van der Waals surface area contributed by atoms with Gasteiger partial charge in [0.25, 0.3) is 5.91 Å². The first kappa shape index (κ1) is 43.1. The van der Waals surface area contributed by atoms with Crippen molar-refractivity contribution in [3.8, 4) is 45.7 Å². The number of amides is 1. The van der Waals surface area contributed by atoms with Gasteiger partial charge in [0.15, 0.2) is 0 Å². The van der Waals surface area contributed by atoms with Crippen LogP contribution in [0.5, 0.6) is 0 Å². The molecule has 0 saturated heterocycles. The van der Waals surface area contributed by atoms with Gasteiger partial charge in [-0.05, 0) is 48.5 Å². The van der Waals surface area contributed by atoms with E-state index in [0.717, 1.165) is 28.1 Å². The summed E-state index contributed by atoms with van der Waals surface area (Å²) >= 11 is 0. The number of hydrogen-bond acceptors (Lipinski definition) is 13. The fourth-order valence-corrected chi connectivity index (χ4v) is 5.62. The van der Waals surface area contributed by atoms with Crippen molar-refractivity contribution >= 4 is 11.9 Å². The molecule has 0 atom stereocenters. The van der Waals surface area contributed by atoms with E-state index in [-0.39, 0.29) is 16.9 Å². The quantitative estimate of drug-likeness (QED) is 0.111. The number of carboxylic acid groups (broad SMARTS) is 1. The number of oxazole rings is 2. The van der Waals surface area contributed by atoms with E-state index in [9.17, 15) is 9.59 Å². The molecule has 0 radical (unpaired) electrons. The molecule has 0 aliphatic heterocycles. The van der Waals surface area contributed by atoms with Crippen molar-refractivity contribution in [2.75, 3.05) is 13.1 Å². The SMILES string of the molecule is CC(C)(CN)c1coc(-c2ccccc2)n1.Cc1nc(-c2cccc(C(=O)NCC(C)(C)c3coc(-c4ccccc4)n3)c2)no1.Cc1nc(-c2cccc(C(=O)O)c2)no1. The Bertz CT molecular complexity index is 2680. The van der Waals surface area contributed by atoms with Crippen molar-refractivity contribution < 1.29 is 32.6 Å². The highest BCUT2D eigenvalue weighted by atomic mass is 16.5. The average molecular weight is 823 g/mol. The molecule has 0 aliphatic rings. The maximum Gasteiger partial charge on any atom is 0.335 e. The lowest BCUT2D eigenvalue weighted by atomic mass is 9.90. The molecule has 8 aromatic rings. The Morgan fingerprint density at radius 2 is 1.05 bits per heavy atom. The summed E-state index contributed by atoms with van der Waals surface area (Å²) in [7, 11) is 0. The number of nitrogens with zero attached hydrogens (tertiary/aromatic N) is 6. The molecule has 0 unspecified atom stereocenters. The number of hydrogen-bond donors (Lipinski definition) is 3. The average Bonchev–Trinajstić information content (AvgIpc) is 4.13. The van der Waals surface area contributed by atoms with Gasteiger partial charge in [0.2, 0.25) is 35.2 Å². The predicted octanol–water partition coefficient (Wildman–Crippen LogP) is 8.73. The van der Waals surface area contributed by atoms with Gasteiger partial charge in [0, 0.05) is 65.6 Å². The van der Waals surface area contributed by atoms with Crippen molar-refractivity contribution in [1.29, 1.82) is 0 Å². The molecular formula is C46H46N8O7. The monoisotopic (exact) mass is 822 g/mol. The Labute approximate surface area is 352 Å². The Balaban J connectivity index is 0.000000169. The van der Waals surface area contributed by atoms with Crippen molar-refractivity contribution in [2.24, 2.45) is 5.73 Å². The molecule has 61 heavy (non-hydrogen) atoms. The van der Waals surface area contributed by atoms with Crippen molar-refractivity contribution in [3.63, 3.8) is 0 Å². The maximum atomic E-state index is 12.7. The van der Waals surface area contributed by atoms with Crippen LogP contribution >= 0.6 is 0 Å². The first-order valence-corrected chi connectivity index (χ1v) is 19.3. The standard InChI is InChI=1S/C23H22N4O3.C13H16N2O.C10H8N2O3/c1-15-25-20(27-30-15)17-10-7-11-18(12-17)21(28)24-14-23(2,3)19-13-29-22(26-19)16-8-5-4-6-9-16;1-13(2,9-14)11-8-16-12(15-11)10-6-4-3-5-7-10;1-6-11-9(12-15-6)7-3-2-4-8(5-7)10(13)14/h4-13H,14H2,1-3H3,(H,24,28);3-8H,9,14H2,1-2H3;2-5H,1H3,(H,13,14). The van der Waals surface area contributed by atoms with Gasteiger partial charge < -0.3 is 34.0 Å². The molecule has 0 aliphatic carbocycles. The predicted molar refractivity (Wildman–Crippen MR) is 227 cm³/mol. The van der Waals surface area contributed by atoms with Crippen LogP contribution < -0.4 is 11.1 Å². The first-order valence-electron chi connectivity index (χ1n) is 19.3. The lowest BCUT2D eigenvalue weighted by Crippen LogP contribution is -2.37. The second kappa shape index (κ2) is 19.0. The highest BCUT2D eigenvalue weighted by Crippen LogP contribution is 2.27. The minimum atomic E-state index is -0.975. The second-order valence-corrected chi connectivity index (χ2v) is 15.2. The highest BCUT2D eigenvalue weighted by molar-refractivity contribution is 5.95. The van der Waals surface area contributed by atoms with E-state index in [0.29, 0.717) is 59.4 Å². The smallest absolute Gasteiger partial charge is 0.335 e. The Hall–Kier alpha value is -7.52. The van der Waals surface area contributed by atoms with E-state index in [1.54, 1.807) is 56.7 Å². The summed E-state index contributed by atoms with van der Waals surface area (Å²) in [6.07, 6.45) is 3.34. The van der Waals surface area contributed by atoms with Gasteiger partial charge in [-0.3, -0.25) is 4.79 Å². The second-order valence-electron chi connectivity index (χ2n) is 15.2. The number of aryl methyl sites for hydroxylation is 2. The van der Waals surface area contributed by atoms with Crippen molar-refractivity contribution in [2.45, 2.75) is 52.4 Å². The fourth-order valence-electron chi connectivity index (χ4n) is 5.62. The molecule has 0 spiro atoms. The molecule has 8 rings (SSSR count). The molecular weight excluding hydrogens is 777 g/mol. The highest BCUT2D eigenvalue weighted by Gasteiger charge is 2.27. The van der Waals surface area contributed by atoms with E-state index < -0.39 is 11.4 Å². The third-order valence-corrected chi connectivity index (χ3v) is 9.44. The normalized spacial score (nSPS) is 11.2. The summed E-state index contributed by atoms with van der Waals surface area (Å²) in [6, 6.07) is 33.1.